The summed E-state index contributed by atoms with van der Waals surface area (Å²) < 4.78 is 0. The van der Waals surface area contributed by atoms with Crippen molar-refractivity contribution in [3.05, 3.63) is 58.6 Å². The number of halogens is 1. The van der Waals surface area contributed by atoms with Gasteiger partial charge in [0.25, 0.3) is 0 Å². The minimum absolute atomic E-state index is 0.316. The molecule has 4 heteroatoms. The first-order valence-corrected chi connectivity index (χ1v) is 7.23. The first-order valence-electron chi connectivity index (χ1n) is 6.45. The lowest BCUT2D eigenvalue weighted by molar-refractivity contribution is 1.13. The molecule has 0 aliphatic heterocycles. The van der Waals surface area contributed by atoms with Crippen molar-refractivity contribution >= 4 is 40.2 Å². The topological polar surface area (TPSA) is 29.3 Å². The highest BCUT2D eigenvalue weighted by Gasteiger charge is 2.08. The molecule has 0 bridgehead atoms. The molecule has 0 fully saturated rings. The van der Waals surface area contributed by atoms with E-state index in [1.807, 2.05) is 25.2 Å². The number of thiocarbonyl (C=S) groups is 1. The van der Waals surface area contributed by atoms with Gasteiger partial charge in [-0.3, -0.25) is 0 Å². The van der Waals surface area contributed by atoms with Gasteiger partial charge < -0.3 is 10.6 Å². The van der Waals surface area contributed by atoms with E-state index in [4.69, 9.17) is 29.6 Å². The van der Waals surface area contributed by atoms with E-state index in [-0.39, 0.29) is 0 Å². The third-order valence-electron chi connectivity index (χ3n) is 3.34. The predicted octanol–water partition coefficient (Wildman–Crippen LogP) is 4.30. The number of hydrogen-bond donors (Lipinski definition) is 1. The number of anilines is 2. The Balaban J connectivity index is 2.30. The summed E-state index contributed by atoms with van der Waals surface area (Å²) in [4.78, 5) is 2.39. The third kappa shape index (κ3) is 3.11. The summed E-state index contributed by atoms with van der Waals surface area (Å²) in [6.07, 6.45) is 1.04. The first-order chi connectivity index (χ1) is 9.52. The molecule has 2 N–H and O–H groups in total. The Bertz CT molecular complexity index is 623. The van der Waals surface area contributed by atoms with Gasteiger partial charge in [0.1, 0.15) is 4.99 Å². The number of nitrogens with two attached hydrogens (primary N) is 1. The van der Waals surface area contributed by atoms with Crippen LogP contribution in [0, 0.1) is 0 Å². The molecular weight excluding hydrogens is 288 g/mol. The van der Waals surface area contributed by atoms with Gasteiger partial charge in [-0.1, -0.05) is 42.9 Å². The normalized spacial score (nSPS) is 10.3. The van der Waals surface area contributed by atoms with Crippen molar-refractivity contribution in [2.75, 3.05) is 11.9 Å². The highest BCUT2D eigenvalue weighted by molar-refractivity contribution is 7.80. The van der Waals surface area contributed by atoms with Crippen LogP contribution in [0.2, 0.25) is 5.02 Å². The van der Waals surface area contributed by atoms with E-state index in [0.29, 0.717) is 15.6 Å². The van der Waals surface area contributed by atoms with Gasteiger partial charge in [0, 0.05) is 24.0 Å². The molecule has 0 aliphatic rings. The summed E-state index contributed by atoms with van der Waals surface area (Å²) in [5, 5.41) is 0.576. The highest BCUT2D eigenvalue weighted by atomic mass is 35.5. The number of hydrogen-bond acceptors (Lipinski definition) is 2. The maximum absolute atomic E-state index is 6.21. The minimum atomic E-state index is 0.316. The molecule has 0 amide bonds. The van der Waals surface area contributed by atoms with Crippen LogP contribution in [0.4, 0.5) is 11.4 Å². The number of benzene rings is 2. The second-order valence-corrected chi connectivity index (χ2v) is 5.45. The smallest absolute Gasteiger partial charge is 0.105 e. The van der Waals surface area contributed by atoms with Crippen molar-refractivity contribution in [3.8, 4) is 0 Å². The zero-order valence-electron chi connectivity index (χ0n) is 11.6. The zero-order chi connectivity index (χ0) is 14.7. The number of nitrogens with zero attached hydrogens (tertiary/aromatic N) is 1. The van der Waals surface area contributed by atoms with Crippen molar-refractivity contribution < 1.29 is 0 Å². The van der Waals surface area contributed by atoms with Gasteiger partial charge >= 0.3 is 0 Å². The summed E-state index contributed by atoms with van der Waals surface area (Å²) in [5.41, 5.74) is 9.76. The summed E-state index contributed by atoms with van der Waals surface area (Å²) in [6, 6.07) is 14.2. The molecule has 0 aromatic heterocycles. The second-order valence-electron chi connectivity index (χ2n) is 4.61. The number of aryl methyl sites for hydroxylation is 1. The quantitative estimate of drug-likeness (QED) is 0.854. The van der Waals surface area contributed by atoms with E-state index in [1.165, 1.54) is 5.56 Å². The van der Waals surface area contributed by atoms with E-state index >= 15 is 0 Å². The van der Waals surface area contributed by atoms with Crippen LogP contribution in [0.25, 0.3) is 0 Å². The molecule has 2 aromatic rings. The molecule has 0 heterocycles. The molecule has 2 nitrogen and oxygen atoms in total. The lowest BCUT2D eigenvalue weighted by Gasteiger charge is -2.20. The van der Waals surface area contributed by atoms with Crippen molar-refractivity contribution in [3.63, 3.8) is 0 Å². The lowest BCUT2D eigenvalue weighted by atomic mass is 10.1. The SMILES string of the molecule is CCc1ccc(N(C)c2ccc(C(N)=S)c(Cl)c2)cc1. The van der Waals surface area contributed by atoms with Crippen molar-refractivity contribution in [1.29, 1.82) is 0 Å². The van der Waals surface area contributed by atoms with E-state index in [0.717, 1.165) is 17.8 Å². The van der Waals surface area contributed by atoms with Gasteiger partial charge in [-0.25, -0.2) is 0 Å². The number of rotatable bonds is 4. The molecule has 0 radical (unpaired) electrons. The maximum Gasteiger partial charge on any atom is 0.105 e. The fourth-order valence-corrected chi connectivity index (χ4v) is 2.53. The Morgan fingerprint density at radius 2 is 1.75 bits per heavy atom. The van der Waals surface area contributed by atoms with Crippen LogP contribution >= 0.6 is 23.8 Å². The van der Waals surface area contributed by atoms with Crippen LogP contribution in [0.5, 0.6) is 0 Å². The summed E-state index contributed by atoms with van der Waals surface area (Å²) in [6.45, 7) is 2.15. The molecule has 0 saturated carbocycles. The Morgan fingerprint density at radius 3 is 2.25 bits per heavy atom. The van der Waals surface area contributed by atoms with Crippen LogP contribution in [0.3, 0.4) is 0 Å². The summed E-state index contributed by atoms with van der Waals surface area (Å²) >= 11 is 11.2. The van der Waals surface area contributed by atoms with Gasteiger partial charge in [-0.05, 0) is 42.3 Å². The molecule has 0 spiro atoms. The van der Waals surface area contributed by atoms with Gasteiger partial charge in [-0.2, -0.15) is 0 Å². The maximum atomic E-state index is 6.21. The molecule has 0 unspecified atom stereocenters. The van der Waals surface area contributed by atoms with Gasteiger partial charge in [0.05, 0.1) is 5.02 Å². The summed E-state index contributed by atoms with van der Waals surface area (Å²) in [7, 11) is 2.01. The van der Waals surface area contributed by atoms with Crippen LogP contribution in [0.15, 0.2) is 42.5 Å². The monoisotopic (exact) mass is 304 g/mol. The predicted molar refractivity (Wildman–Crippen MR) is 91.2 cm³/mol. The second kappa shape index (κ2) is 6.25. The van der Waals surface area contributed by atoms with E-state index in [1.54, 1.807) is 0 Å². The molecule has 20 heavy (non-hydrogen) atoms. The minimum Gasteiger partial charge on any atom is -0.389 e. The Kier molecular flexibility index (Phi) is 4.63. The van der Waals surface area contributed by atoms with Crippen LogP contribution < -0.4 is 10.6 Å². The largest absolute Gasteiger partial charge is 0.389 e. The van der Waals surface area contributed by atoms with Gasteiger partial charge in [-0.15, -0.1) is 0 Å². The molecule has 0 saturated heterocycles. The average molecular weight is 305 g/mol. The van der Waals surface area contributed by atoms with E-state index < -0.39 is 0 Å². The van der Waals surface area contributed by atoms with Gasteiger partial charge in [0.15, 0.2) is 0 Å². The van der Waals surface area contributed by atoms with Crippen LogP contribution in [-0.4, -0.2) is 12.0 Å². The van der Waals surface area contributed by atoms with E-state index in [2.05, 4.69) is 36.1 Å². The van der Waals surface area contributed by atoms with Crippen molar-refractivity contribution in [2.45, 2.75) is 13.3 Å². The Hall–Kier alpha value is -1.58. The first kappa shape index (κ1) is 14.8. The average Bonchev–Trinajstić information content (AvgIpc) is 2.46. The molecule has 2 rings (SSSR count). The van der Waals surface area contributed by atoms with E-state index in [9.17, 15) is 0 Å². The van der Waals surface area contributed by atoms with Crippen molar-refractivity contribution in [1.82, 2.24) is 0 Å². The van der Waals surface area contributed by atoms with Crippen molar-refractivity contribution in [2.24, 2.45) is 5.73 Å². The zero-order valence-corrected chi connectivity index (χ0v) is 13.1. The fourth-order valence-electron chi connectivity index (χ4n) is 2.02. The summed E-state index contributed by atoms with van der Waals surface area (Å²) in [5.74, 6) is 0. The molecular formula is C16H17ClN2S. The third-order valence-corrected chi connectivity index (χ3v) is 3.87. The molecule has 2 aromatic carbocycles. The van der Waals surface area contributed by atoms with Crippen LogP contribution in [-0.2, 0) is 6.42 Å². The molecule has 0 atom stereocenters. The van der Waals surface area contributed by atoms with Crippen LogP contribution in [0.1, 0.15) is 18.1 Å². The highest BCUT2D eigenvalue weighted by Crippen LogP contribution is 2.28. The lowest BCUT2D eigenvalue weighted by Crippen LogP contribution is -2.12. The standard InChI is InChI=1S/C16H17ClN2S/c1-3-11-4-6-12(7-5-11)19(2)13-8-9-14(16(18)20)15(17)10-13/h4-10H,3H2,1-2H3,(H2,18,20). The molecule has 104 valence electrons. The fraction of sp³-hybridized carbons (Fsp3) is 0.188. The Morgan fingerprint density at radius 1 is 1.15 bits per heavy atom. The Labute approximate surface area is 130 Å². The van der Waals surface area contributed by atoms with Gasteiger partial charge in [0.2, 0.25) is 0 Å². The molecule has 0 aliphatic carbocycles.